The van der Waals surface area contributed by atoms with Crippen molar-refractivity contribution in [2.24, 2.45) is 0 Å². The van der Waals surface area contributed by atoms with Gasteiger partial charge in [0.2, 0.25) is 0 Å². The number of aryl methyl sites for hydroxylation is 1. The van der Waals surface area contributed by atoms with Gasteiger partial charge in [-0.2, -0.15) is 0 Å². The Kier molecular flexibility index (Phi) is 4.52. The van der Waals surface area contributed by atoms with Crippen molar-refractivity contribution in [3.63, 3.8) is 0 Å². The van der Waals surface area contributed by atoms with Crippen molar-refractivity contribution in [2.75, 3.05) is 6.54 Å². The fourth-order valence-electron chi connectivity index (χ4n) is 1.64. The van der Waals surface area contributed by atoms with E-state index >= 15 is 0 Å². The maximum Gasteiger partial charge on any atom is 0.174 e. The molecule has 2 rings (SSSR count). The van der Waals surface area contributed by atoms with Crippen LogP contribution < -0.4 is 10.1 Å². The lowest BCUT2D eigenvalue weighted by atomic mass is 10.2. The third-order valence-corrected chi connectivity index (χ3v) is 2.69. The Labute approximate surface area is 111 Å². The predicted molar refractivity (Wildman–Crippen MR) is 69.4 cm³/mol. The summed E-state index contributed by atoms with van der Waals surface area (Å²) in [6, 6.07) is 6.85. The largest absolute Gasteiger partial charge is 0.482 e. The van der Waals surface area contributed by atoms with Gasteiger partial charge in [0.05, 0.1) is 5.69 Å². The fraction of sp³-hybridized carbons (Fsp3) is 0.357. The van der Waals surface area contributed by atoms with Gasteiger partial charge < -0.3 is 14.6 Å². The van der Waals surface area contributed by atoms with Crippen LogP contribution in [0, 0.1) is 12.7 Å². The molecule has 0 unspecified atom stereocenters. The van der Waals surface area contributed by atoms with Gasteiger partial charge in [0.1, 0.15) is 6.61 Å². The van der Waals surface area contributed by atoms with E-state index in [4.69, 9.17) is 9.26 Å². The molecule has 0 saturated carbocycles. The summed E-state index contributed by atoms with van der Waals surface area (Å²) in [7, 11) is 0. The average molecular weight is 264 g/mol. The molecule has 5 heteroatoms. The Morgan fingerprint density at radius 2 is 2.26 bits per heavy atom. The number of hydrogen-bond donors (Lipinski definition) is 1. The molecular formula is C14H17FN2O2. The number of aromatic nitrogens is 1. The second kappa shape index (κ2) is 6.33. The van der Waals surface area contributed by atoms with Crippen LogP contribution >= 0.6 is 0 Å². The standard InChI is InChI=1S/C14H17FN2O2/c1-3-16-8-11-7-12(19-17-11)9-18-13-6-4-5-10(2)14(13)15/h4-7,16H,3,8-9H2,1-2H3. The number of rotatable bonds is 6. The molecule has 0 aliphatic carbocycles. The van der Waals surface area contributed by atoms with Crippen molar-refractivity contribution in [1.82, 2.24) is 10.5 Å². The van der Waals surface area contributed by atoms with Crippen LogP contribution in [0.25, 0.3) is 0 Å². The second-order valence-corrected chi connectivity index (χ2v) is 4.24. The molecule has 102 valence electrons. The zero-order valence-electron chi connectivity index (χ0n) is 11.1. The molecule has 19 heavy (non-hydrogen) atoms. The number of ether oxygens (including phenoxy) is 1. The summed E-state index contributed by atoms with van der Waals surface area (Å²) in [5.41, 5.74) is 1.37. The Morgan fingerprint density at radius 3 is 3.05 bits per heavy atom. The summed E-state index contributed by atoms with van der Waals surface area (Å²) in [4.78, 5) is 0. The van der Waals surface area contributed by atoms with E-state index in [1.165, 1.54) is 0 Å². The van der Waals surface area contributed by atoms with E-state index in [9.17, 15) is 4.39 Å². The molecule has 1 aromatic carbocycles. The van der Waals surface area contributed by atoms with Crippen molar-refractivity contribution < 1.29 is 13.7 Å². The number of nitrogens with zero attached hydrogens (tertiary/aromatic N) is 1. The summed E-state index contributed by atoms with van der Waals surface area (Å²) in [5.74, 6) is 0.466. The van der Waals surface area contributed by atoms with E-state index in [2.05, 4.69) is 10.5 Å². The lowest BCUT2D eigenvalue weighted by Crippen LogP contribution is -2.11. The molecule has 0 bridgehead atoms. The van der Waals surface area contributed by atoms with E-state index in [0.717, 1.165) is 12.2 Å². The highest BCUT2D eigenvalue weighted by Crippen LogP contribution is 2.20. The first-order chi connectivity index (χ1) is 9.20. The normalized spacial score (nSPS) is 10.7. The first-order valence-corrected chi connectivity index (χ1v) is 6.23. The van der Waals surface area contributed by atoms with E-state index in [-0.39, 0.29) is 18.2 Å². The lowest BCUT2D eigenvalue weighted by Gasteiger charge is -2.06. The van der Waals surface area contributed by atoms with Crippen LogP contribution in [0.15, 0.2) is 28.8 Å². The molecule has 0 atom stereocenters. The van der Waals surface area contributed by atoms with Gasteiger partial charge in [0.25, 0.3) is 0 Å². The maximum atomic E-state index is 13.7. The SMILES string of the molecule is CCNCc1cc(COc2cccc(C)c2F)on1. The summed E-state index contributed by atoms with van der Waals surface area (Å²) < 4.78 is 24.2. The Hall–Kier alpha value is -1.88. The number of benzene rings is 1. The smallest absolute Gasteiger partial charge is 0.174 e. The topological polar surface area (TPSA) is 47.3 Å². The van der Waals surface area contributed by atoms with Crippen molar-refractivity contribution in [3.8, 4) is 5.75 Å². The van der Waals surface area contributed by atoms with Gasteiger partial charge in [0, 0.05) is 12.6 Å². The van der Waals surface area contributed by atoms with Gasteiger partial charge in [-0.15, -0.1) is 0 Å². The van der Waals surface area contributed by atoms with Crippen LogP contribution in [-0.2, 0) is 13.2 Å². The van der Waals surface area contributed by atoms with Crippen molar-refractivity contribution >= 4 is 0 Å². The minimum absolute atomic E-state index is 0.166. The molecule has 0 aliphatic rings. The number of nitrogens with one attached hydrogen (secondary N) is 1. The minimum Gasteiger partial charge on any atom is -0.482 e. The van der Waals surface area contributed by atoms with Crippen LogP contribution in [-0.4, -0.2) is 11.7 Å². The lowest BCUT2D eigenvalue weighted by molar-refractivity contribution is 0.239. The third kappa shape index (κ3) is 3.54. The van der Waals surface area contributed by atoms with E-state index in [0.29, 0.717) is 17.9 Å². The Balaban J connectivity index is 1.95. The van der Waals surface area contributed by atoms with Crippen LogP contribution in [0.4, 0.5) is 4.39 Å². The van der Waals surface area contributed by atoms with Crippen LogP contribution in [0.5, 0.6) is 5.75 Å². The highest BCUT2D eigenvalue weighted by Gasteiger charge is 2.08. The van der Waals surface area contributed by atoms with Gasteiger partial charge in [-0.3, -0.25) is 0 Å². The molecule has 0 aliphatic heterocycles. The molecule has 0 fully saturated rings. The predicted octanol–water partition coefficient (Wildman–Crippen LogP) is 2.81. The molecule has 0 amide bonds. The van der Waals surface area contributed by atoms with Gasteiger partial charge >= 0.3 is 0 Å². The molecule has 4 nitrogen and oxygen atoms in total. The van der Waals surface area contributed by atoms with E-state index in [1.807, 2.05) is 6.92 Å². The van der Waals surface area contributed by atoms with Gasteiger partial charge in [-0.1, -0.05) is 24.2 Å². The summed E-state index contributed by atoms with van der Waals surface area (Å²) in [6.07, 6.45) is 0. The zero-order chi connectivity index (χ0) is 13.7. The molecule has 0 saturated heterocycles. The summed E-state index contributed by atoms with van der Waals surface area (Å²) in [5, 5.41) is 7.04. The summed E-state index contributed by atoms with van der Waals surface area (Å²) in [6.45, 7) is 5.40. The summed E-state index contributed by atoms with van der Waals surface area (Å²) >= 11 is 0. The van der Waals surface area contributed by atoms with Crippen molar-refractivity contribution in [2.45, 2.75) is 27.0 Å². The van der Waals surface area contributed by atoms with Crippen molar-refractivity contribution in [3.05, 3.63) is 47.1 Å². The first-order valence-electron chi connectivity index (χ1n) is 6.23. The van der Waals surface area contributed by atoms with E-state index in [1.54, 1.807) is 31.2 Å². The Morgan fingerprint density at radius 1 is 1.42 bits per heavy atom. The molecule has 1 heterocycles. The fourth-order valence-corrected chi connectivity index (χ4v) is 1.64. The van der Waals surface area contributed by atoms with Crippen LogP contribution in [0.1, 0.15) is 23.9 Å². The van der Waals surface area contributed by atoms with Crippen LogP contribution in [0.3, 0.4) is 0 Å². The van der Waals surface area contributed by atoms with Crippen molar-refractivity contribution in [1.29, 1.82) is 0 Å². The van der Waals surface area contributed by atoms with Crippen LogP contribution in [0.2, 0.25) is 0 Å². The molecule has 1 aromatic heterocycles. The molecule has 1 N–H and O–H groups in total. The monoisotopic (exact) mass is 264 g/mol. The molecule has 0 radical (unpaired) electrons. The number of halogens is 1. The number of hydrogen-bond acceptors (Lipinski definition) is 4. The molecular weight excluding hydrogens is 247 g/mol. The van der Waals surface area contributed by atoms with Gasteiger partial charge in [-0.25, -0.2) is 4.39 Å². The molecule has 0 spiro atoms. The Bertz CT molecular complexity index is 540. The third-order valence-electron chi connectivity index (χ3n) is 2.69. The average Bonchev–Trinajstić information content (AvgIpc) is 2.86. The van der Waals surface area contributed by atoms with Gasteiger partial charge in [-0.05, 0) is 25.1 Å². The highest BCUT2D eigenvalue weighted by molar-refractivity contribution is 5.30. The minimum atomic E-state index is -0.338. The van der Waals surface area contributed by atoms with Gasteiger partial charge in [0.15, 0.2) is 17.3 Å². The zero-order valence-corrected chi connectivity index (χ0v) is 11.1. The quantitative estimate of drug-likeness (QED) is 0.871. The molecule has 2 aromatic rings. The maximum absolute atomic E-state index is 13.7. The van der Waals surface area contributed by atoms with E-state index < -0.39 is 0 Å². The first kappa shape index (κ1) is 13.5. The second-order valence-electron chi connectivity index (χ2n) is 4.24. The highest BCUT2D eigenvalue weighted by atomic mass is 19.1.